The molecule has 0 bridgehead atoms. The van der Waals surface area contributed by atoms with E-state index in [0.29, 0.717) is 6.04 Å². The fraction of sp³-hybridized carbons (Fsp3) is 0.667. The summed E-state index contributed by atoms with van der Waals surface area (Å²) in [7, 11) is 0. The summed E-state index contributed by atoms with van der Waals surface area (Å²) < 4.78 is 0. The summed E-state index contributed by atoms with van der Waals surface area (Å²) in [5.41, 5.74) is 2.80. The van der Waals surface area contributed by atoms with Crippen LogP contribution in [0.25, 0.3) is 0 Å². The van der Waals surface area contributed by atoms with Gasteiger partial charge < -0.3 is 5.32 Å². The van der Waals surface area contributed by atoms with Gasteiger partial charge in [-0.15, -0.1) is 0 Å². The van der Waals surface area contributed by atoms with Gasteiger partial charge in [0.05, 0.1) is 0 Å². The quantitative estimate of drug-likeness (QED) is 0.866. The van der Waals surface area contributed by atoms with E-state index in [2.05, 4.69) is 35.1 Å². The first-order chi connectivity index (χ1) is 8.83. The van der Waals surface area contributed by atoms with Gasteiger partial charge in [0.25, 0.3) is 0 Å². The molecule has 1 unspecified atom stereocenters. The first-order valence-corrected chi connectivity index (χ1v) is 7.18. The van der Waals surface area contributed by atoms with Crippen LogP contribution in [0.2, 0.25) is 0 Å². The summed E-state index contributed by atoms with van der Waals surface area (Å²) in [5, 5.41) is 3.44. The predicted octanol–water partition coefficient (Wildman–Crippen LogP) is 2.53. The maximum atomic E-state index is 4.22. The Bertz CT molecular complexity index is 359. The Labute approximate surface area is 111 Å². The lowest BCUT2D eigenvalue weighted by Gasteiger charge is -2.36. The van der Waals surface area contributed by atoms with Crippen molar-refractivity contribution < 1.29 is 0 Å². The minimum atomic E-state index is 0.579. The minimum absolute atomic E-state index is 0.579. The fourth-order valence-corrected chi connectivity index (χ4v) is 2.78. The zero-order valence-corrected chi connectivity index (χ0v) is 11.7. The van der Waals surface area contributed by atoms with E-state index in [1.807, 2.05) is 12.4 Å². The number of nitrogens with one attached hydrogen (secondary N) is 1. The van der Waals surface area contributed by atoms with Crippen molar-refractivity contribution in [2.24, 2.45) is 0 Å². The number of piperazine rings is 1. The molecule has 3 nitrogen and oxygen atoms in total. The predicted molar refractivity (Wildman–Crippen MR) is 75.7 cm³/mol. The number of unbranched alkanes of at least 4 members (excludes halogenated alkanes) is 1. The van der Waals surface area contributed by atoms with Gasteiger partial charge in [0.15, 0.2) is 0 Å². The Morgan fingerprint density at radius 2 is 2.17 bits per heavy atom. The van der Waals surface area contributed by atoms with E-state index >= 15 is 0 Å². The molecule has 1 aliphatic rings. The van der Waals surface area contributed by atoms with E-state index < -0.39 is 0 Å². The second kappa shape index (κ2) is 6.86. The number of hydrogen-bond donors (Lipinski definition) is 1. The summed E-state index contributed by atoms with van der Waals surface area (Å²) in [5.74, 6) is 0. The average Bonchev–Trinajstić information content (AvgIpc) is 2.42. The standard InChI is InChI=1S/C15H25N3/c1-3-4-5-15(18-10-8-16-9-11-18)14-6-7-17-12-13(14)2/h6-7,12,15-16H,3-5,8-11H2,1-2H3. The molecular weight excluding hydrogens is 222 g/mol. The second-order valence-corrected chi connectivity index (χ2v) is 5.18. The summed E-state index contributed by atoms with van der Waals surface area (Å²) in [6.45, 7) is 9.02. The molecule has 1 aromatic heterocycles. The van der Waals surface area contributed by atoms with Gasteiger partial charge in [-0.2, -0.15) is 0 Å². The molecular formula is C15H25N3. The van der Waals surface area contributed by atoms with E-state index in [1.54, 1.807) is 0 Å². The van der Waals surface area contributed by atoms with Crippen LogP contribution in [-0.4, -0.2) is 36.1 Å². The van der Waals surface area contributed by atoms with Gasteiger partial charge in [0, 0.05) is 44.6 Å². The van der Waals surface area contributed by atoms with Crippen molar-refractivity contribution in [3.05, 3.63) is 29.6 Å². The molecule has 1 aliphatic heterocycles. The molecule has 1 N–H and O–H groups in total. The molecule has 0 saturated carbocycles. The van der Waals surface area contributed by atoms with Gasteiger partial charge in [-0.3, -0.25) is 9.88 Å². The average molecular weight is 247 g/mol. The summed E-state index contributed by atoms with van der Waals surface area (Å²) in [6, 6.07) is 2.78. The molecule has 2 rings (SSSR count). The monoisotopic (exact) mass is 247 g/mol. The molecule has 1 saturated heterocycles. The normalized spacial score (nSPS) is 18.8. The highest BCUT2D eigenvalue weighted by Crippen LogP contribution is 2.28. The lowest BCUT2D eigenvalue weighted by Crippen LogP contribution is -2.45. The van der Waals surface area contributed by atoms with E-state index in [0.717, 1.165) is 26.2 Å². The van der Waals surface area contributed by atoms with Crippen molar-refractivity contribution >= 4 is 0 Å². The van der Waals surface area contributed by atoms with Crippen molar-refractivity contribution in [2.75, 3.05) is 26.2 Å². The van der Waals surface area contributed by atoms with Gasteiger partial charge in [0.1, 0.15) is 0 Å². The maximum Gasteiger partial charge on any atom is 0.0352 e. The van der Waals surface area contributed by atoms with E-state index in [4.69, 9.17) is 0 Å². The smallest absolute Gasteiger partial charge is 0.0352 e. The zero-order valence-electron chi connectivity index (χ0n) is 11.7. The van der Waals surface area contributed by atoms with Crippen molar-refractivity contribution in [3.63, 3.8) is 0 Å². The minimum Gasteiger partial charge on any atom is -0.314 e. The lowest BCUT2D eigenvalue weighted by atomic mass is 9.96. The van der Waals surface area contributed by atoms with Crippen molar-refractivity contribution in [1.29, 1.82) is 0 Å². The summed E-state index contributed by atoms with van der Waals surface area (Å²) in [4.78, 5) is 6.86. The van der Waals surface area contributed by atoms with Crippen LogP contribution in [0.5, 0.6) is 0 Å². The number of pyridine rings is 1. The van der Waals surface area contributed by atoms with E-state index in [1.165, 1.54) is 30.4 Å². The molecule has 0 aliphatic carbocycles. The van der Waals surface area contributed by atoms with E-state index in [-0.39, 0.29) is 0 Å². The number of aromatic nitrogens is 1. The molecule has 0 aromatic carbocycles. The van der Waals surface area contributed by atoms with Crippen LogP contribution in [0, 0.1) is 6.92 Å². The summed E-state index contributed by atoms with van der Waals surface area (Å²) in [6.07, 6.45) is 7.77. The topological polar surface area (TPSA) is 28.2 Å². The second-order valence-electron chi connectivity index (χ2n) is 5.18. The maximum absolute atomic E-state index is 4.22. The molecule has 1 atom stereocenters. The Morgan fingerprint density at radius 3 is 2.83 bits per heavy atom. The van der Waals surface area contributed by atoms with Gasteiger partial charge in [0.2, 0.25) is 0 Å². The van der Waals surface area contributed by atoms with Crippen LogP contribution >= 0.6 is 0 Å². The van der Waals surface area contributed by atoms with Crippen LogP contribution in [0.1, 0.15) is 43.4 Å². The van der Waals surface area contributed by atoms with Crippen LogP contribution in [0.15, 0.2) is 18.5 Å². The Balaban J connectivity index is 2.15. The molecule has 2 heterocycles. The summed E-state index contributed by atoms with van der Waals surface area (Å²) >= 11 is 0. The number of aryl methyl sites for hydroxylation is 1. The Morgan fingerprint density at radius 1 is 1.39 bits per heavy atom. The number of hydrogen-bond acceptors (Lipinski definition) is 3. The Hall–Kier alpha value is -0.930. The van der Waals surface area contributed by atoms with Crippen molar-refractivity contribution in [1.82, 2.24) is 15.2 Å². The van der Waals surface area contributed by atoms with Crippen LogP contribution in [-0.2, 0) is 0 Å². The van der Waals surface area contributed by atoms with Gasteiger partial charge >= 0.3 is 0 Å². The third-order valence-electron chi connectivity index (χ3n) is 3.85. The fourth-order valence-electron chi connectivity index (χ4n) is 2.78. The molecule has 18 heavy (non-hydrogen) atoms. The highest BCUT2D eigenvalue weighted by atomic mass is 15.2. The van der Waals surface area contributed by atoms with Crippen molar-refractivity contribution in [2.45, 2.75) is 39.2 Å². The zero-order chi connectivity index (χ0) is 12.8. The van der Waals surface area contributed by atoms with Crippen LogP contribution in [0.4, 0.5) is 0 Å². The van der Waals surface area contributed by atoms with Crippen LogP contribution in [0.3, 0.4) is 0 Å². The van der Waals surface area contributed by atoms with Gasteiger partial charge in [-0.05, 0) is 30.5 Å². The SMILES string of the molecule is CCCCC(c1ccncc1C)N1CCNCC1. The van der Waals surface area contributed by atoms with Gasteiger partial charge in [-0.1, -0.05) is 19.8 Å². The third-order valence-corrected chi connectivity index (χ3v) is 3.85. The first-order valence-electron chi connectivity index (χ1n) is 7.18. The molecule has 0 amide bonds. The van der Waals surface area contributed by atoms with Crippen molar-refractivity contribution in [3.8, 4) is 0 Å². The first kappa shape index (κ1) is 13.5. The molecule has 1 aromatic rings. The van der Waals surface area contributed by atoms with Crippen LogP contribution < -0.4 is 5.32 Å². The lowest BCUT2D eigenvalue weighted by molar-refractivity contribution is 0.162. The third kappa shape index (κ3) is 3.30. The molecule has 1 fully saturated rings. The highest BCUT2D eigenvalue weighted by Gasteiger charge is 2.22. The molecule has 100 valence electrons. The van der Waals surface area contributed by atoms with Gasteiger partial charge in [-0.25, -0.2) is 0 Å². The largest absolute Gasteiger partial charge is 0.314 e. The highest BCUT2D eigenvalue weighted by molar-refractivity contribution is 5.25. The molecule has 3 heteroatoms. The molecule has 0 radical (unpaired) electrons. The Kier molecular flexibility index (Phi) is 5.14. The number of rotatable bonds is 5. The van der Waals surface area contributed by atoms with E-state index in [9.17, 15) is 0 Å². The number of nitrogens with zero attached hydrogens (tertiary/aromatic N) is 2. The molecule has 0 spiro atoms.